The normalized spacial score (nSPS) is 10.5. The molecule has 0 aliphatic rings. The predicted molar refractivity (Wildman–Crippen MR) is 52.4 cm³/mol. The van der Waals surface area contributed by atoms with E-state index in [1.165, 1.54) is 10.6 Å². The van der Waals surface area contributed by atoms with E-state index in [1.807, 2.05) is 0 Å². The summed E-state index contributed by atoms with van der Waals surface area (Å²) in [6.45, 7) is 7.62. The van der Waals surface area contributed by atoms with Crippen molar-refractivity contribution in [1.29, 1.82) is 0 Å². The molecule has 1 rings (SSSR count). The summed E-state index contributed by atoms with van der Waals surface area (Å²) in [4.78, 5) is 1.37. The number of aryl methyl sites for hydroxylation is 1. The number of rotatable bonds is 3. The van der Waals surface area contributed by atoms with Gasteiger partial charge in [-0.3, -0.25) is 0 Å². The summed E-state index contributed by atoms with van der Waals surface area (Å²) in [7, 11) is 0. The summed E-state index contributed by atoms with van der Waals surface area (Å²) in [5.41, 5.74) is 1.27. The lowest BCUT2D eigenvalue weighted by atomic mass is 10.2. The Kier molecular flexibility index (Phi) is 2.94. The lowest BCUT2D eigenvalue weighted by molar-refractivity contribution is 0.689. The van der Waals surface area contributed by atoms with Crippen LogP contribution in [-0.4, -0.2) is 6.54 Å². The van der Waals surface area contributed by atoms with E-state index in [0.717, 1.165) is 12.5 Å². The number of hydrogen-bond acceptors (Lipinski definition) is 2. The van der Waals surface area contributed by atoms with Crippen molar-refractivity contribution < 1.29 is 0 Å². The lowest BCUT2D eigenvalue weighted by Crippen LogP contribution is -2.06. The smallest absolute Gasteiger partial charge is 0.0451 e. The predicted octanol–water partition coefficient (Wildman–Crippen LogP) is 3.12. The summed E-state index contributed by atoms with van der Waals surface area (Å²) >= 11 is 1.79. The summed E-state index contributed by atoms with van der Waals surface area (Å²) in [5.74, 6) is 0.718. The van der Waals surface area contributed by atoms with E-state index >= 15 is 0 Å². The average Bonchev–Trinajstić information content (AvgIpc) is 2.31. The Balaban J connectivity index is 2.39. The van der Waals surface area contributed by atoms with Gasteiger partial charge in [0, 0.05) is 22.5 Å². The second-order valence-corrected chi connectivity index (χ2v) is 4.34. The van der Waals surface area contributed by atoms with Gasteiger partial charge in [-0.15, -0.1) is 11.3 Å². The molecule has 0 amide bonds. The number of hydrogen-bond donors (Lipinski definition) is 1. The quantitative estimate of drug-likeness (QED) is 0.733. The molecule has 0 fully saturated rings. The standard InChI is InChI=1S/C9H15NS/c1-7(2)5-10-9-4-8(3)11-6-9/h4,6-7,10H,5H2,1-3H3. The monoisotopic (exact) mass is 169 g/mol. The molecule has 0 saturated carbocycles. The van der Waals surface area contributed by atoms with Crippen LogP contribution in [0.2, 0.25) is 0 Å². The van der Waals surface area contributed by atoms with Crippen molar-refractivity contribution in [2.45, 2.75) is 20.8 Å². The van der Waals surface area contributed by atoms with Gasteiger partial charge in [-0.2, -0.15) is 0 Å². The van der Waals surface area contributed by atoms with Crippen molar-refractivity contribution >= 4 is 17.0 Å². The van der Waals surface area contributed by atoms with Crippen LogP contribution in [0.1, 0.15) is 18.7 Å². The van der Waals surface area contributed by atoms with Crippen LogP contribution in [0.5, 0.6) is 0 Å². The highest BCUT2D eigenvalue weighted by Crippen LogP contribution is 2.17. The molecule has 0 spiro atoms. The number of anilines is 1. The Morgan fingerprint density at radius 1 is 1.55 bits per heavy atom. The second-order valence-electron chi connectivity index (χ2n) is 3.22. The average molecular weight is 169 g/mol. The molecular formula is C9H15NS. The largest absolute Gasteiger partial charge is 0.384 e. The Bertz CT molecular complexity index is 215. The lowest BCUT2D eigenvalue weighted by Gasteiger charge is -2.05. The highest BCUT2D eigenvalue weighted by molar-refractivity contribution is 7.10. The van der Waals surface area contributed by atoms with Gasteiger partial charge in [0.05, 0.1) is 0 Å². The molecule has 0 aliphatic carbocycles. The van der Waals surface area contributed by atoms with Crippen molar-refractivity contribution in [3.05, 3.63) is 16.3 Å². The van der Waals surface area contributed by atoms with Gasteiger partial charge >= 0.3 is 0 Å². The minimum absolute atomic E-state index is 0.718. The van der Waals surface area contributed by atoms with Crippen molar-refractivity contribution in [1.82, 2.24) is 0 Å². The Morgan fingerprint density at radius 2 is 2.27 bits per heavy atom. The van der Waals surface area contributed by atoms with Crippen LogP contribution in [-0.2, 0) is 0 Å². The van der Waals surface area contributed by atoms with Crippen molar-refractivity contribution in [2.24, 2.45) is 5.92 Å². The minimum Gasteiger partial charge on any atom is -0.384 e. The molecule has 2 heteroatoms. The van der Waals surface area contributed by atoms with Crippen molar-refractivity contribution in [3.63, 3.8) is 0 Å². The zero-order valence-corrected chi connectivity index (χ0v) is 8.16. The van der Waals surface area contributed by atoms with Gasteiger partial charge in [-0.1, -0.05) is 13.8 Å². The van der Waals surface area contributed by atoms with Crippen molar-refractivity contribution in [2.75, 3.05) is 11.9 Å². The highest BCUT2D eigenvalue weighted by atomic mass is 32.1. The van der Waals surface area contributed by atoms with E-state index in [1.54, 1.807) is 11.3 Å². The fraction of sp³-hybridized carbons (Fsp3) is 0.556. The molecule has 1 nitrogen and oxygen atoms in total. The molecular weight excluding hydrogens is 154 g/mol. The first kappa shape index (κ1) is 8.60. The van der Waals surface area contributed by atoms with Crippen LogP contribution in [0.25, 0.3) is 0 Å². The third-order valence-corrected chi connectivity index (χ3v) is 2.31. The first-order valence-electron chi connectivity index (χ1n) is 3.97. The summed E-state index contributed by atoms with van der Waals surface area (Å²) in [5, 5.41) is 5.54. The third kappa shape index (κ3) is 2.93. The molecule has 62 valence electrons. The molecule has 0 bridgehead atoms. The molecule has 0 atom stereocenters. The first-order valence-corrected chi connectivity index (χ1v) is 4.85. The van der Waals surface area contributed by atoms with Crippen LogP contribution in [0, 0.1) is 12.8 Å². The van der Waals surface area contributed by atoms with Gasteiger partial charge in [0.2, 0.25) is 0 Å². The maximum atomic E-state index is 3.38. The van der Waals surface area contributed by atoms with Gasteiger partial charge in [-0.05, 0) is 18.9 Å². The van der Waals surface area contributed by atoms with Gasteiger partial charge in [0.1, 0.15) is 0 Å². The topological polar surface area (TPSA) is 12.0 Å². The molecule has 11 heavy (non-hydrogen) atoms. The van der Waals surface area contributed by atoms with E-state index in [2.05, 4.69) is 37.5 Å². The highest BCUT2D eigenvalue weighted by Gasteiger charge is 1.96. The SMILES string of the molecule is Cc1cc(NCC(C)C)cs1. The van der Waals surface area contributed by atoms with Crippen LogP contribution >= 0.6 is 11.3 Å². The fourth-order valence-corrected chi connectivity index (χ4v) is 1.52. The summed E-state index contributed by atoms with van der Waals surface area (Å²) in [6.07, 6.45) is 0. The maximum absolute atomic E-state index is 3.38. The third-order valence-electron chi connectivity index (χ3n) is 1.44. The molecule has 0 saturated heterocycles. The fourth-order valence-electron chi connectivity index (χ4n) is 0.858. The summed E-state index contributed by atoms with van der Waals surface area (Å²) in [6, 6.07) is 2.19. The van der Waals surface area contributed by atoms with Crippen LogP contribution < -0.4 is 5.32 Å². The van der Waals surface area contributed by atoms with Crippen LogP contribution in [0.3, 0.4) is 0 Å². The molecule has 1 aromatic rings. The van der Waals surface area contributed by atoms with E-state index in [-0.39, 0.29) is 0 Å². The molecule has 0 radical (unpaired) electrons. The second kappa shape index (κ2) is 3.77. The zero-order valence-electron chi connectivity index (χ0n) is 7.35. The molecule has 0 unspecified atom stereocenters. The number of nitrogens with one attached hydrogen (secondary N) is 1. The minimum atomic E-state index is 0.718. The van der Waals surface area contributed by atoms with Gasteiger partial charge in [0.15, 0.2) is 0 Å². The van der Waals surface area contributed by atoms with Crippen LogP contribution in [0.4, 0.5) is 5.69 Å². The van der Waals surface area contributed by atoms with E-state index in [9.17, 15) is 0 Å². The molecule has 0 aliphatic heterocycles. The maximum Gasteiger partial charge on any atom is 0.0451 e. The Labute approximate surface area is 72.4 Å². The van der Waals surface area contributed by atoms with Crippen molar-refractivity contribution in [3.8, 4) is 0 Å². The van der Waals surface area contributed by atoms with Gasteiger partial charge in [0.25, 0.3) is 0 Å². The van der Waals surface area contributed by atoms with E-state index < -0.39 is 0 Å². The van der Waals surface area contributed by atoms with Gasteiger partial charge < -0.3 is 5.32 Å². The number of thiophene rings is 1. The first-order chi connectivity index (χ1) is 5.18. The Morgan fingerprint density at radius 3 is 2.73 bits per heavy atom. The molecule has 1 heterocycles. The summed E-state index contributed by atoms with van der Waals surface area (Å²) < 4.78 is 0. The Hall–Kier alpha value is -0.500. The zero-order chi connectivity index (χ0) is 8.27. The molecule has 0 aromatic carbocycles. The van der Waals surface area contributed by atoms with Gasteiger partial charge in [-0.25, -0.2) is 0 Å². The molecule has 1 aromatic heterocycles. The van der Waals surface area contributed by atoms with Crippen LogP contribution in [0.15, 0.2) is 11.4 Å². The van der Waals surface area contributed by atoms with E-state index in [0.29, 0.717) is 0 Å². The van der Waals surface area contributed by atoms with E-state index in [4.69, 9.17) is 0 Å². The molecule has 1 N–H and O–H groups in total.